The van der Waals surface area contributed by atoms with E-state index in [4.69, 9.17) is 4.74 Å². The Bertz CT molecular complexity index is 1250. The zero-order valence-corrected chi connectivity index (χ0v) is 17.9. The van der Waals surface area contributed by atoms with E-state index in [0.29, 0.717) is 17.3 Å². The molecule has 7 heteroatoms. The average Bonchev–Trinajstić information content (AvgIpc) is 3.21. The summed E-state index contributed by atoms with van der Waals surface area (Å²) >= 11 is 0. The first-order chi connectivity index (χ1) is 15.5. The lowest BCUT2D eigenvalue weighted by Crippen LogP contribution is -2.22. The third-order valence-electron chi connectivity index (χ3n) is 5.12. The number of carbonyl (C=O) groups excluding carboxylic acids is 2. The minimum atomic E-state index is -0.382. The van der Waals surface area contributed by atoms with Crippen molar-refractivity contribution in [2.45, 2.75) is 20.3 Å². The maximum absolute atomic E-state index is 12.8. The van der Waals surface area contributed by atoms with Crippen LogP contribution >= 0.6 is 0 Å². The van der Waals surface area contributed by atoms with Crippen molar-refractivity contribution in [3.8, 4) is 5.75 Å². The molecule has 32 heavy (non-hydrogen) atoms. The van der Waals surface area contributed by atoms with E-state index < -0.39 is 0 Å². The Hall–Kier alpha value is -4.13. The zero-order valence-electron chi connectivity index (χ0n) is 17.9. The molecule has 4 aromatic rings. The Labute approximate surface area is 185 Å². The van der Waals surface area contributed by atoms with Gasteiger partial charge in [-0.2, -0.15) is 0 Å². The fourth-order valence-electron chi connectivity index (χ4n) is 3.49. The van der Waals surface area contributed by atoms with Gasteiger partial charge in [-0.15, -0.1) is 0 Å². The van der Waals surface area contributed by atoms with Crippen molar-refractivity contribution in [2.24, 2.45) is 0 Å². The van der Waals surface area contributed by atoms with Gasteiger partial charge in [0.25, 0.3) is 11.8 Å². The average molecular weight is 428 g/mol. The number of ether oxygens (including phenoxy) is 1. The highest BCUT2D eigenvalue weighted by Gasteiger charge is 2.16. The van der Waals surface area contributed by atoms with E-state index in [2.05, 4.69) is 20.6 Å². The van der Waals surface area contributed by atoms with Crippen molar-refractivity contribution in [3.63, 3.8) is 0 Å². The van der Waals surface area contributed by atoms with E-state index in [9.17, 15) is 9.59 Å². The number of hydrogen-bond acceptors (Lipinski definition) is 4. The number of aromatic amines is 1. The number of anilines is 2. The molecule has 2 amide bonds. The zero-order chi connectivity index (χ0) is 22.5. The number of para-hydroxylation sites is 4. The third kappa shape index (κ3) is 4.62. The monoisotopic (exact) mass is 428 g/mol. The summed E-state index contributed by atoms with van der Waals surface area (Å²) in [6.07, 6.45) is 0.808. The normalized spacial score (nSPS) is 10.7. The fraction of sp³-hybridized carbons (Fsp3) is 0.160. The molecule has 0 fully saturated rings. The van der Waals surface area contributed by atoms with E-state index in [1.54, 1.807) is 24.3 Å². The fourth-order valence-corrected chi connectivity index (χ4v) is 3.49. The largest absolute Gasteiger partial charge is 0.483 e. The number of imidazole rings is 1. The summed E-state index contributed by atoms with van der Waals surface area (Å²) in [7, 11) is 0. The van der Waals surface area contributed by atoms with Gasteiger partial charge in [-0.05, 0) is 48.7 Å². The maximum atomic E-state index is 12.8. The molecule has 0 aliphatic rings. The molecule has 7 nitrogen and oxygen atoms in total. The van der Waals surface area contributed by atoms with E-state index in [1.807, 2.05) is 56.3 Å². The number of carbonyl (C=O) groups is 2. The number of nitrogens with one attached hydrogen (secondary N) is 3. The lowest BCUT2D eigenvalue weighted by Gasteiger charge is -2.14. The van der Waals surface area contributed by atoms with E-state index in [-0.39, 0.29) is 18.4 Å². The molecule has 1 heterocycles. The number of benzene rings is 3. The van der Waals surface area contributed by atoms with Crippen LogP contribution < -0.4 is 15.4 Å². The Morgan fingerprint density at radius 2 is 1.75 bits per heavy atom. The summed E-state index contributed by atoms with van der Waals surface area (Å²) in [6, 6.07) is 20.2. The first-order valence-corrected chi connectivity index (χ1v) is 10.4. The van der Waals surface area contributed by atoms with Gasteiger partial charge in [0.15, 0.2) is 6.61 Å². The molecular formula is C25H24N4O3. The molecule has 162 valence electrons. The lowest BCUT2D eigenvalue weighted by atomic mass is 10.1. The number of fused-ring (bicyclic) bond motifs is 1. The molecule has 0 spiro atoms. The highest BCUT2D eigenvalue weighted by Crippen LogP contribution is 2.22. The summed E-state index contributed by atoms with van der Waals surface area (Å²) in [5, 5.41) is 5.68. The molecule has 3 N–H and O–H groups in total. The maximum Gasteiger partial charge on any atom is 0.262 e. The van der Waals surface area contributed by atoms with Crippen molar-refractivity contribution in [1.82, 2.24) is 9.97 Å². The Kier molecular flexibility index (Phi) is 6.17. The molecule has 0 atom stereocenters. The van der Waals surface area contributed by atoms with Crippen LogP contribution in [0.15, 0.2) is 66.7 Å². The van der Waals surface area contributed by atoms with Crippen LogP contribution in [-0.4, -0.2) is 28.4 Å². The van der Waals surface area contributed by atoms with Gasteiger partial charge in [0.05, 0.1) is 16.6 Å². The summed E-state index contributed by atoms with van der Waals surface area (Å²) in [5.74, 6) is -0.0131. The summed E-state index contributed by atoms with van der Waals surface area (Å²) < 4.78 is 5.70. The van der Waals surface area contributed by atoms with Gasteiger partial charge >= 0.3 is 0 Å². The van der Waals surface area contributed by atoms with Gasteiger partial charge in [0.2, 0.25) is 5.95 Å². The molecule has 0 saturated carbocycles. The van der Waals surface area contributed by atoms with Gasteiger partial charge in [0, 0.05) is 5.69 Å². The second-order valence-electron chi connectivity index (χ2n) is 7.35. The first-order valence-electron chi connectivity index (χ1n) is 10.4. The van der Waals surface area contributed by atoms with Crippen molar-refractivity contribution < 1.29 is 14.3 Å². The third-order valence-corrected chi connectivity index (χ3v) is 5.12. The van der Waals surface area contributed by atoms with Crippen molar-refractivity contribution in [1.29, 1.82) is 0 Å². The van der Waals surface area contributed by atoms with Gasteiger partial charge in [-0.25, -0.2) is 4.98 Å². The molecule has 0 aliphatic carbocycles. The molecule has 3 aromatic carbocycles. The smallest absolute Gasteiger partial charge is 0.262 e. The molecule has 1 aromatic heterocycles. The number of rotatable bonds is 7. The Balaban J connectivity index is 1.44. The van der Waals surface area contributed by atoms with E-state index >= 15 is 0 Å². The van der Waals surface area contributed by atoms with Crippen molar-refractivity contribution >= 4 is 34.5 Å². The topological polar surface area (TPSA) is 96.1 Å². The number of nitrogens with zero attached hydrogens (tertiary/aromatic N) is 1. The predicted octanol–water partition coefficient (Wildman–Crippen LogP) is 4.70. The lowest BCUT2D eigenvalue weighted by molar-refractivity contribution is -0.118. The van der Waals surface area contributed by atoms with Crippen LogP contribution in [0.3, 0.4) is 0 Å². The highest BCUT2D eigenvalue weighted by atomic mass is 16.5. The number of hydrogen-bond donors (Lipinski definition) is 3. The first kappa shape index (κ1) is 21.1. The van der Waals surface area contributed by atoms with E-state index in [1.165, 1.54) is 0 Å². The predicted molar refractivity (Wildman–Crippen MR) is 125 cm³/mol. The quantitative estimate of drug-likeness (QED) is 0.397. The molecule has 0 radical (unpaired) electrons. The standard InChI is InChI=1S/C25H24N4O3/c1-3-17-10-8-9-16(2)23(17)28-22(30)15-32-21-14-7-4-11-18(21)24(31)29-25-26-19-12-5-6-13-20(19)27-25/h4-14H,3,15H2,1-2H3,(H,28,30)(H2,26,27,29,31). The van der Waals surface area contributed by atoms with E-state index in [0.717, 1.165) is 34.3 Å². The van der Waals surface area contributed by atoms with Gasteiger partial charge in [-0.1, -0.05) is 49.4 Å². The molecule has 0 aliphatic heterocycles. The van der Waals surface area contributed by atoms with Crippen LogP contribution in [-0.2, 0) is 11.2 Å². The Morgan fingerprint density at radius 1 is 0.969 bits per heavy atom. The number of aryl methyl sites for hydroxylation is 2. The second-order valence-corrected chi connectivity index (χ2v) is 7.35. The molecular weight excluding hydrogens is 404 g/mol. The van der Waals surface area contributed by atoms with Crippen LogP contribution in [0.1, 0.15) is 28.4 Å². The molecule has 0 bridgehead atoms. The molecule has 0 saturated heterocycles. The second kappa shape index (κ2) is 9.34. The number of H-pyrrole nitrogens is 1. The van der Waals surface area contributed by atoms with Gasteiger partial charge in [0.1, 0.15) is 5.75 Å². The summed E-state index contributed by atoms with van der Waals surface area (Å²) in [4.78, 5) is 32.8. The SMILES string of the molecule is CCc1cccc(C)c1NC(=O)COc1ccccc1C(=O)Nc1nc2ccccc2[nH]1. The van der Waals surface area contributed by atoms with Gasteiger partial charge in [-0.3, -0.25) is 14.9 Å². The molecule has 4 rings (SSSR count). The van der Waals surface area contributed by atoms with Crippen molar-refractivity contribution in [3.05, 3.63) is 83.4 Å². The van der Waals surface area contributed by atoms with Crippen LogP contribution in [0.4, 0.5) is 11.6 Å². The van der Waals surface area contributed by atoms with Crippen LogP contribution in [0.2, 0.25) is 0 Å². The minimum absolute atomic E-state index is 0.216. The highest BCUT2D eigenvalue weighted by molar-refractivity contribution is 6.06. The summed E-state index contributed by atoms with van der Waals surface area (Å²) in [5.41, 5.74) is 4.75. The van der Waals surface area contributed by atoms with Crippen molar-refractivity contribution in [2.75, 3.05) is 17.2 Å². The van der Waals surface area contributed by atoms with Crippen LogP contribution in [0, 0.1) is 6.92 Å². The minimum Gasteiger partial charge on any atom is -0.483 e. The van der Waals surface area contributed by atoms with Gasteiger partial charge < -0.3 is 15.0 Å². The molecule has 0 unspecified atom stereocenters. The number of aromatic nitrogens is 2. The Morgan fingerprint density at radius 3 is 2.56 bits per heavy atom. The van der Waals surface area contributed by atoms with Crippen LogP contribution in [0.25, 0.3) is 11.0 Å². The van der Waals surface area contributed by atoms with Crippen LogP contribution in [0.5, 0.6) is 5.75 Å². The summed E-state index contributed by atoms with van der Waals surface area (Å²) in [6.45, 7) is 3.78. The number of amides is 2.